The zero-order chi connectivity index (χ0) is 14.8. The van der Waals surface area contributed by atoms with Gasteiger partial charge in [0.05, 0.1) is 0 Å². The first-order valence-electron chi connectivity index (χ1n) is 7.91. The van der Waals surface area contributed by atoms with E-state index in [0.29, 0.717) is 0 Å². The molecule has 2 rings (SSSR count). The van der Waals surface area contributed by atoms with Gasteiger partial charge in [0, 0.05) is 12.1 Å². The largest absolute Gasteiger partial charge is 0.478 e. The molecule has 1 aromatic rings. The minimum Gasteiger partial charge on any atom is -0.478 e. The maximum atomic E-state index is 8.59. The quantitative estimate of drug-likeness (QED) is 0.747. The predicted molar refractivity (Wildman–Crippen MR) is 84.2 cm³/mol. The van der Waals surface area contributed by atoms with Gasteiger partial charge in [-0.3, -0.25) is 0 Å². The molecule has 0 aliphatic carbocycles. The molecule has 0 unspecified atom stereocenters. The number of benzene rings is 1. The fraction of sp³-hybridized carbons (Fsp3) is 0.588. The Kier molecular flexibility index (Phi) is 7.06. The van der Waals surface area contributed by atoms with Gasteiger partial charge in [0.25, 0.3) is 0 Å². The molecule has 1 heterocycles. The van der Waals surface area contributed by atoms with Crippen LogP contribution >= 0.6 is 0 Å². The van der Waals surface area contributed by atoms with Crippen LogP contribution in [0.1, 0.15) is 31.2 Å². The summed E-state index contributed by atoms with van der Waals surface area (Å²) in [6.45, 7) is 5.64. The van der Waals surface area contributed by atoms with E-state index >= 15 is 0 Å². The SMILES string of the molecule is N#CCOc1ccccc1CNCCCN1CCCCC1. The molecule has 0 radical (unpaired) electrons. The molecule has 114 valence electrons. The first kappa shape index (κ1) is 15.8. The van der Waals surface area contributed by atoms with E-state index in [0.717, 1.165) is 24.4 Å². The molecule has 21 heavy (non-hydrogen) atoms. The Balaban J connectivity index is 1.65. The molecule has 0 aromatic heterocycles. The number of piperidine rings is 1. The molecule has 1 fully saturated rings. The average Bonchev–Trinajstić information content (AvgIpc) is 2.54. The third kappa shape index (κ3) is 5.74. The van der Waals surface area contributed by atoms with Crippen molar-refractivity contribution in [3.05, 3.63) is 29.8 Å². The Bertz CT molecular complexity index is 450. The van der Waals surface area contributed by atoms with Crippen molar-refractivity contribution in [1.82, 2.24) is 10.2 Å². The standard InChI is InChI=1S/C17H25N3O/c18-9-14-21-17-8-3-2-7-16(17)15-19-10-6-13-20-11-4-1-5-12-20/h2-3,7-8,19H,1,4-6,10-15H2. The van der Waals surface area contributed by atoms with Crippen LogP contribution in [0, 0.1) is 11.3 Å². The summed E-state index contributed by atoms with van der Waals surface area (Å²) in [5, 5.41) is 12.1. The molecule has 0 saturated carbocycles. The molecular formula is C17H25N3O. The van der Waals surface area contributed by atoms with Crippen molar-refractivity contribution < 1.29 is 4.74 Å². The van der Waals surface area contributed by atoms with Gasteiger partial charge in [-0.2, -0.15) is 5.26 Å². The number of ether oxygens (including phenoxy) is 1. The van der Waals surface area contributed by atoms with E-state index < -0.39 is 0 Å². The van der Waals surface area contributed by atoms with Gasteiger partial charge in [0.2, 0.25) is 0 Å². The maximum Gasteiger partial charge on any atom is 0.174 e. The van der Waals surface area contributed by atoms with Crippen molar-refractivity contribution in [2.45, 2.75) is 32.2 Å². The van der Waals surface area contributed by atoms with Gasteiger partial charge in [0.15, 0.2) is 6.61 Å². The second-order valence-corrected chi connectivity index (χ2v) is 5.49. The van der Waals surface area contributed by atoms with E-state index in [1.54, 1.807) is 0 Å². The molecule has 4 nitrogen and oxygen atoms in total. The minimum absolute atomic E-state index is 0.103. The number of nitrogens with zero attached hydrogens (tertiary/aromatic N) is 2. The molecule has 0 atom stereocenters. The van der Waals surface area contributed by atoms with Gasteiger partial charge in [-0.25, -0.2) is 0 Å². The molecule has 1 saturated heterocycles. The lowest BCUT2D eigenvalue weighted by molar-refractivity contribution is 0.225. The highest BCUT2D eigenvalue weighted by Crippen LogP contribution is 2.17. The van der Waals surface area contributed by atoms with Crippen LogP contribution in [0.2, 0.25) is 0 Å². The molecule has 1 aromatic carbocycles. The molecule has 4 heteroatoms. The zero-order valence-electron chi connectivity index (χ0n) is 12.7. The van der Waals surface area contributed by atoms with Crippen molar-refractivity contribution in [2.24, 2.45) is 0 Å². The lowest BCUT2D eigenvalue weighted by Gasteiger charge is -2.26. The van der Waals surface area contributed by atoms with Crippen molar-refractivity contribution in [3.8, 4) is 11.8 Å². The third-order valence-corrected chi connectivity index (χ3v) is 3.86. The summed E-state index contributed by atoms with van der Waals surface area (Å²) in [5.41, 5.74) is 1.12. The van der Waals surface area contributed by atoms with Crippen LogP contribution in [0.15, 0.2) is 24.3 Å². The Morgan fingerprint density at radius 3 is 2.81 bits per heavy atom. The molecule has 0 amide bonds. The summed E-state index contributed by atoms with van der Waals surface area (Å²) in [6, 6.07) is 9.91. The lowest BCUT2D eigenvalue weighted by Crippen LogP contribution is -2.32. The average molecular weight is 287 g/mol. The maximum absolute atomic E-state index is 8.59. The monoisotopic (exact) mass is 287 g/mol. The van der Waals surface area contributed by atoms with Crippen LogP contribution in [-0.2, 0) is 6.54 Å². The molecule has 1 aliphatic rings. The van der Waals surface area contributed by atoms with Gasteiger partial charge in [-0.1, -0.05) is 24.6 Å². The summed E-state index contributed by atoms with van der Waals surface area (Å²) in [4.78, 5) is 2.56. The summed E-state index contributed by atoms with van der Waals surface area (Å²) in [7, 11) is 0. The smallest absolute Gasteiger partial charge is 0.174 e. The van der Waals surface area contributed by atoms with E-state index in [9.17, 15) is 0 Å². The highest BCUT2D eigenvalue weighted by molar-refractivity contribution is 5.33. The molecule has 0 bridgehead atoms. The van der Waals surface area contributed by atoms with Crippen molar-refractivity contribution in [3.63, 3.8) is 0 Å². The van der Waals surface area contributed by atoms with Crippen LogP contribution in [0.25, 0.3) is 0 Å². The first-order chi connectivity index (χ1) is 10.4. The first-order valence-corrected chi connectivity index (χ1v) is 7.91. The number of para-hydroxylation sites is 1. The van der Waals surface area contributed by atoms with Gasteiger partial charge >= 0.3 is 0 Å². The summed E-state index contributed by atoms with van der Waals surface area (Å²) in [6.07, 6.45) is 5.30. The topological polar surface area (TPSA) is 48.3 Å². The van der Waals surface area contributed by atoms with Crippen LogP contribution in [-0.4, -0.2) is 37.7 Å². The van der Waals surface area contributed by atoms with E-state index in [1.807, 2.05) is 30.3 Å². The van der Waals surface area contributed by atoms with Crippen molar-refractivity contribution in [1.29, 1.82) is 5.26 Å². The van der Waals surface area contributed by atoms with E-state index in [-0.39, 0.29) is 6.61 Å². The normalized spacial score (nSPS) is 15.6. The van der Waals surface area contributed by atoms with E-state index in [4.69, 9.17) is 10.00 Å². The highest BCUT2D eigenvalue weighted by atomic mass is 16.5. The van der Waals surface area contributed by atoms with Crippen molar-refractivity contribution in [2.75, 3.05) is 32.8 Å². The fourth-order valence-corrected chi connectivity index (χ4v) is 2.73. The van der Waals surface area contributed by atoms with Crippen LogP contribution in [0.3, 0.4) is 0 Å². The summed E-state index contributed by atoms with van der Waals surface area (Å²) >= 11 is 0. The number of likely N-dealkylation sites (tertiary alicyclic amines) is 1. The molecule has 0 spiro atoms. The molecule has 1 N–H and O–H groups in total. The van der Waals surface area contributed by atoms with Crippen LogP contribution in [0.5, 0.6) is 5.75 Å². The Hall–Kier alpha value is -1.57. The lowest BCUT2D eigenvalue weighted by atomic mass is 10.1. The Morgan fingerprint density at radius 1 is 1.19 bits per heavy atom. The molecular weight excluding hydrogens is 262 g/mol. The number of nitriles is 1. The zero-order valence-corrected chi connectivity index (χ0v) is 12.7. The number of nitrogens with one attached hydrogen (secondary N) is 1. The highest BCUT2D eigenvalue weighted by Gasteiger charge is 2.08. The van der Waals surface area contributed by atoms with Crippen LogP contribution in [0.4, 0.5) is 0 Å². The number of hydrogen-bond acceptors (Lipinski definition) is 4. The second-order valence-electron chi connectivity index (χ2n) is 5.49. The van der Waals surface area contributed by atoms with Gasteiger partial charge in [0.1, 0.15) is 11.8 Å². The van der Waals surface area contributed by atoms with Gasteiger partial charge in [-0.15, -0.1) is 0 Å². The number of rotatable bonds is 8. The van der Waals surface area contributed by atoms with E-state index in [1.165, 1.54) is 45.3 Å². The van der Waals surface area contributed by atoms with Crippen LogP contribution < -0.4 is 10.1 Å². The van der Waals surface area contributed by atoms with Gasteiger partial charge < -0.3 is 15.0 Å². The Morgan fingerprint density at radius 2 is 2.00 bits per heavy atom. The minimum atomic E-state index is 0.103. The second kappa shape index (κ2) is 9.38. The summed E-state index contributed by atoms with van der Waals surface area (Å²) < 4.78 is 5.43. The number of hydrogen-bond donors (Lipinski definition) is 1. The molecule has 1 aliphatic heterocycles. The fourth-order valence-electron chi connectivity index (χ4n) is 2.73. The van der Waals surface area contributed by atoms with E-state index in [2.05, 4.69) is 10.2 Å². The third-order valence-electron chi connectivity index (χ3n) is 3.86. The predicted octanol–water partition coefficient (Wildman–Crippen LogP) is 2.55. The summed E-state index contributed by atoms with van der Waals surface area (Å²) in [5.74, 6) is 0.808. The van der Waals surface area contributed by atoms with Crippen molar-refractivity contribution >= 4 is 0 Å². The van der Waals surface area contributed by atoms with Gasteiger partial charge in [-0.05, 0) is 51.5 Å². The Labute approximate surface area is 127 Å².